The van der Waals surface area contributed by atoms with Crippen LogP contribution in [0.1, 0.15) is 5.56 Å². The quantitative estimate of drug-likeness (QED) is 0.184. The van der Waals surface area contributed by atoms with Crippen molar-refractivity contribution in [1.29, 1.82) is 0 Å². The lowest BCUT2D eigenvalue weighted by Gasteiger charge is -2.15. The summed E-state index contributed by atoms with van der Waals surface area (Å²) in [4.78, 5) is 12.4. The fourth-order valence-electron chi connectivity index (χ4n) is 3.50. The van der Waals surface area contributed by atoms with Gasteiger partial charge in [-0.2, -0.15) is 5.10 Å². The molecular weight excluding hydrogens is 494 g/mol. The van der Waals surface area contributed by atoms with Crippen LogP contribution in [0.5, 0.6) is 23.0 Å². The van der Waals surface area contributed by atoms with Crippen LogP contribution in [0.2, 0.25) is 0 Å². The fourth-order valence-corrected chi connectivity index (χ4v) is 4.25. The van der Waals surface area contributed by atoms with Gasteiger partial charge in [-0.05, 0) is 36.4 Å². The number of nitrogens with one attached hydrogen (secondary N) is 1. The Balaban J connectivity index is 1.60. The molecule has 190 valence electrons. The number of carbonyl (C=O) groups excluding carboxylic acids is 1. The van der Waals surface area contributed by atoms with E-state index >= 15 is 0 Å². The van der Waals surface area contributed by atoms with Crippen LogP contribution >= 0.6 is 11.8 Å². The molecule has 0 fully saturated rings. The first-order valence-electron chi connectivity index (χ1n) is 11.1. The van der Waals surface area contributed by atoms with Gasteiger partial charge >= 0.3 is 0 Å². The number of phenolic OH excluding ortho intramolecular Hbond substituents is 1. The minimum absolute atomic E-state index is 0.0400. The van der Waals surface area contributed by atoms with Gasteiger partial charge in [-0.15, -0.1) is 10.2 Å². The minimum Gasteiger partial charge on any atom is -0.507 e. The van der Waals surface area contributed by atoms with Crippen LogP contribution in [0.4, 0.5) is 0 Å². The molecule has 0 saturated heterocycles. The number of nitrogens with zero attached hydrogens (tertiary/aromatic N) is 4. The van der Waals surface area contributed by atoms with Crippen LogP contribution < -0.4 is 19.6 Å². The number of hydrogen-bond acceptors (Lipinski definition) is 9. The highest BCUT2D eigenvalue weighted by molar-refractivity contribution is 7.99. The van der Waals surface area contributed by atoms with Crippen molar-refractivity contribution < 1.29 is 24.1 Å². The molecule has 4 aromatic rings. The summed E-state index contributed by atoms with van der Waals surface area (Å²) in [5.41, 5.74) is 4.46. The van der Waals surface area contributed by atoms with E-state index in [1.54, 1.807) is 57.7 Å². The number of phenols is 1. The molecule has 4 rings (SSSR count). The zero-order chi connectivity index (χ0) is 26.2. The lowest BCUT2D eigenvalue weighted by Crippen LogP contribution is -2.20. The number of methoxy groups -OCH3 is 3. The average molecular weight is 520 g/mol. The van der Waals surface area contributed by atoms with Crippen LogP contribution in [-0.2, 0) is 4.79 Å². The van der Waals surface area contributed by atoms with Crippen LogP contribution in [0.25, 0.3) is 17.1 Å². The van der Waals surface area contributed by atoms with Gasteiger partial charge in [0, 0.05) is 16.8 Å². The minimum atomic E-state index is -0.339. The topological polar surface area (TPSA) is 120 Å². The number of ether oxygens (including phenoxy) is 3. The molecule has 0 aliphatic carbocycles. The number of thioether (sulfide) groups is 1. The van der Waals surface area contributed by atoms with Gasteiger partial charge in [-0.1, -0.05) is 42.1 Å². The molecule has 0 saturated carbocycles. The van der Waals surface area contributed by atoms with E-state index in [0.717, 1.165) is 5.69 Å². The molecule has 0 atom stereocenters. The van der Waals surface area contributed by atoms with Gasteiger partial charge in [-0.3, -0.25) is 9.36 Å². The Labute approximate surface area is 217 Å². The van der Waals surface area contributed by atoms with Crippen molar-refractivity contribution >= 4 is 23.9 Å². The van der Waals surface area contributed by atoms with Crippen molar-refractivity contribution in [2.45, 2.75) is 5.16 Å². The highest BCUT2D eigenvalue weighted by Gasteiger charge is 2.21. The van der Waals surface area contributed by atoms with E-state index in [9.17, 15) is 9.90 Å². The number of hydrogen-bond donors (Lipinski definition) is 2. The molecule has 0 spiro atoms. The number of para-hydroxylation sites is 2. The summed E-state index contributed by atoms with van der Waals surface area (Å²) in [6.07, 6.45) is 1.38. The molecule has 37 heavy (non-hydrogen) atoms. The third kappa shape index (κ3) is 5.84. The molecule has 0 aliphatic rings. The normalized spacial score (nSPS) is 10.9. The lowest BCUT2D eigenvalue weighted by molar-refractivity contribution is -0.118. The van der Waals surface area contributed by atoms with Crippen molar-refractivity contribution in [3.63, 3.8) is 0 Å². The van der Waals surface area contributed by atoms with Crippen molar-refractivity contribution in [2.75, 3.05) is 27.1 Å². The van der Waals surface area contributed by atoms with Gasteiger partial charge in [0.2, 0.25) is 5.75 Å². The molecule has 10 nitrogen and oxygen atoms in total. The summed E-state index contributed by atoms with van der Waals surface area (Å²) in [5.74, 6) is 1.74. The molecule has 1 heterocycles. The van der Waals surface area contributed by atoms with E-state index in [1.807, 2.05) is 34.9 Å². The van der Waals surface area contributed by atoms with Crippen molar-refractivity contribution in [3.05, 3.63) is 72.3 Å². The number of hydrazone groups is 1. The summed E-state index contributed by atoms with van der Waals surface area (Å²) in [5, 5.41) is 23.0. The van der Waals surface area contributed by atoms with Gasteiger partial charge in [0.05, 0.1) is 33.3 Å². The molecule has 11 heteroatoms. The lowest BCUT2D eigenvalue weighted by atomic mass is 10.1. The molecule has 0 bridgehead atoms. The number of carbonyl (C=O) groups is 1. The Morgan fingerprint density at radius 1 is 1.00 bits per heavy atom. The smallest absolute Gasteiger partial charge is 0.250 e. The van der Waals surface area contributed by atoms with E-state index in [-0.39, 0.29) is 17.4 Å². The summed E-state index contributed by atoms with van der Waals surface area (Å²) in [6, 6.07) is 19.9. The first-order chi connectivity index (χ1) is 18.0. The molecule has 1 amide bonds. The van der Waals surface area contributed by atoms with E-state index < -0.39 is 0 Å². The maximum absolute atomic E-state index is 12.4. The Hall–Kier alpha value is -4.51. The molecule has 1 aromatic heterocycles. The second kappa shape index (κ2) is 12.0. The van der Waals surface area contributed by atoms with Crippen molar-refractivity contribution in [3.8, 4) is 40.1 Å². The second-order valence-corrected chi connectivity index (χ2v) is 8.47. The summed E-state index contributed by atoms with van der Waals surface area (Å²) < 4.78 is 18.3. The van der Waals surface area contributed by atoms with Gasteiger partial charge in [-0.25, -0.2) is 5.43 Å². The predicted octanol–water partition coefficient (Wildman–Crippen LogP) is 3.91. The average Bonchev–Trinajstić information content (AvgIpc) is 3.36. The molecule has 2 N–H and O–H groups in total. The number of rotatable bonds is 10. The van der Waals surface area contributed by atoms with Gasteiger partial charge in [0.15, 0.2) is 22.5 Å². The molecule has 3 aromatic carbocycles. The maximum atomic E-state index is 12.4. The summed E-state index contributed by atoms with van der Waals surface area (Å²) in [6.45, 7) is 0. The monoisotopic (exact) mass is 519 g/mol. The van der Waals surface area contributed by atoms with Crippen LogP contribution in [0.15, 0.2) is 77.0 Å². The Bertz CT molecular complexity index is 1380. The maximum Gasteiger partial charge on any atom is 0.250 e. The van der Waals surface area contributed by atoms with E-state index in [1.165, 1.54) is 18.0 Å². The molecule has 0 aliphatic heterocycles. The first-order valence-corrected chi connectivity index (χ1v) is 12.1. The zero-order valence-electron chi connectivity index (χ0n) is 20.4. The number of benzene rings is 3. The Morgan fingerprint density at radius 2 is 1.68 bits per heavy atom. The SMILES string of the molecule is COc1cc(-c2nnc(SCC(=O)N/N=C\c3ccccc3O)n2-c2ccccc2)cc(OC)c1OC. The van der Waals surface area contributed by atoms with Crippen LogP contribution in [0.3, 0.4) is 0 Å². The summed E-state index contributed by atoms with van der Waals surface area (Å²) in [7, 11) is 4.63. The third-order valence-electron chi connectivity index (χ3n) is 5.23. The van der Waals surface area contributed by atoms with E-state index in [4.69, 9.17) is 14.2 Å². The van der Waals surface area contributed by atoms with Crippen LogP contribution in [0, 0.1) is 0 Å². The predicted molar refractivity (Wildman–Crippen MR) is 141 cm³/mol. The van der Waals surface area contributed by atoms with Gasteiger partial charge < -0.3 is 19.3 Å². The molecule has 0 unspecified atom stereocenters. The van der Waals surface area contributed by atoms with Crippen molar-refractivity contribution in [2.24, 2.45) is 5.10 Å². The zero-order valence-corrected chi connectivity index (χ0v) is 21.2. The highest BCUT2D eigenvalue weighted by Crippen LogP contribution is 2.41. The largest absolute Gasteiger partial charge is 0.507 e. The third-order valence-corrected chi connectivity index (χ3v) is 6.16. The Morgan fingerprint density at radius 3 is 2.32 bits per heavy atom. The van der Waals surface area contributed by atoms with Gasteiger partial charge in [0.1, 0.15) is 5.75 Å². The number of aromatic nitrogens is 3. The highest BCUT2D eigenvalue weighted by atomic mass is 32.2. The van der Waals surface area contributed by atoms with Crippen LogP contribution in [-0.4, -0.2) is 59.1 Å². The second-order valence-electron chi connectivity index (χ2n) is 7.53. The number of amides is 1. The number of aromatic hydroxyl groups is 1. The molecular formula is C26H25N5O5S. The first kappa shape index (κ1) is 25.6. The summed E-state index contributed by atoms with van der Waals surface area (Å²) >= 11 is 1.21. The standard InChI is InChI=1S/C26H25N5O5S/c1-34-21-13-18(14-22(35-2)24(21)36-3)25-29-30-26(31(25)19-10-5-4-6-11-19)37-16-23(33)28-27-15-17-9-7-8-12-20(17)32/h4-15,32H,16H2,1-3H3,(H,28,33)/b27-15-. The van der Waals surface area contributed by atoms with E-state index in [2.05, 4.69) is 20.7 Å². The van der Waals surface area contributed by atoms with E-state index in [0.29, 0.717) is 39.4 Å². The van der Waals surface area contributed by atoms with Crippen molar-refractivity contribution in [1.82, 2.24) is 20.2 Å². The fraction of sp³-hybridized carbons (Fsp3) is 0.154. The van der Waals surface area contributed by atoms with Gasteiger partial charge in [0.25, 0.3) is 5.91 Å². The Kier molecular flexibility index (Phi) is 8.26. The molecule has 0 radical (unpaired) electrons.